The number of halogens is 7. The highest BCUT2D eigenvalue weighted by Gasteiger charge is 2.33. The van der Waals surface area contributed by atoms with Crippen molar-refractivity contribution in [3.05, 3.63) is 83.9 Å². The van der Waals surface area contributed by atoms with E-state index in [2.05, 4.69) is 4.74 Å². The van der Waals surface area contributed by atoms with Gasteiger partial charge in [-0.05, 0) is 24.3 Å². The van der Waals surface area contributed by atoms with Gasteiger partial charge in [-0.2, -0.15) is 0 Å². The van der Waals surface area contributed by atoms with E-state index in [1.165, 1.54) is 12.1 Å². The van der Waals surface area contributed by atoms with Crippen molar-refractivity contribution < 1.29 is 35.5 Å². The van der Waals surface area contributed by atoms with Crippen molar-refractivity contribution in [2.24, 2.45) is 0 Å². The number of benzene rings is 3. The number of rotatable bonds is 4. The molecule has 3 aromatic rings. The summed E-state index contributed by atoms with van der Waals surface area (Å²) in [4.78, 5) is 0.406. The molecule has 0 aliphatic carbocycles. The first-order valence-corrected chi connectivity index (χ1v) is 8.85. The summed E-state index contributed by atoms with van der Waals surface area (Å²) < 4.78 is 95.5. The summed E-state index contributed by atoms with van der Waals surface area (Å²) in [6.07, 6.45) is -4.89. The highest BCUT2D eigenvalue weighted by molar-refractivity contribution is 7.97. The lowest BCUT2D eigenvalue weighted by Gasteiger charge is -2.11. The van der Waals surface area contributed by atoms with Crippen LogP contribution in [0.1, 0.15) is 0 Å². The van der Waals surface area contributed by atoms with Crippen LogP contribution in [0.15, 0.2) is 75.4 Å². The van der Waals surface area contributed by atoms with Crippen LogP contribution in [0.3, 0.4) is 0 Å². The molecule has 0 unspecified atom stereocenters. The molecular weight excluding hydrogens is 409 g/mol. The van der Waals surface area contributed by atoms with Crippen molar-refractivity contribution in [3.63, 3.8) is 0 Å². The molecule has 0 radical (unpaired) electrons. The second-order valence-corrected chi connectivity index (χ2v) is 7.56. The van der Waals surface area contributed by atoms with Crippen molar-refractivity contribution in [1.29, 1.82) is 0 Å². The van der Waals surface area contributed by atoms with Crippen LogP contribution in [-0.4, -0.2) is 6.36 Å². The molecule has 0 aliphatic rings. The van der Waals surface area contributed by atoms with Crippen LogP contribution in [0.4, 0.5) is 30.7 Å². The van der Waals surface area contributed by atoms with E-state index in [1.54, 1.807) is 0 Å². The van der Waals surface area contributed by atoms with Crippen molar-refractivity contribution >= 4 is 10.9 Å². The summed E-state index contributed by atoms with van der Waals surface area (Å²) >= 11 is 0. The van der Waals surface area contributed by atoms with Gasteiger partial charge in [-0.3, -0.25) is 0 Å². The van der Waals surface area contributed by atoms with Gasteiger partial charge in [-0.15, -0.1) is 13.2 Å². The summed E-state index contributed by atoms with van der Waals surface area (Å²) in [7, 11) is -1.38. The topological polar surface area (TPSA) is 9.23 Å². The number of hydrogen-bond donors (Lipinski definition) is 0. The lowest BCUT2D eigenvalue weighted by molar-refractivity contribution is -0.274. The molecule has 3 aromatic carbocycles. The van der Waals surface area contributed by atoms with Gasteiger partial charge in [-0.1, -0.05) is 0 Å². The zero-order valence-corrected chi connectivity index (χ0v) is 14.6. The predicted molar refractivity (Wildman–Crippen MR) is 88.0 cm³/mol. The maximum Gasteiger partial charge on any atom is 0.573 e. The maximum absolute atomic E-state index is 13.7. The molecule has 0 spiro atoms. The number of ether oxygens (including phenoxy) is 1. The highest BCUT2D eigenvalue weighted by Crippen LogP contribution is 2.34. The van der Waals surface area contributed by atoms with Crippen LogP contribution < -0.4 is 4.74 Å². The minimum absolute atomic E-state index is 0.0620. The van der Waals surface area contributed by atoms with Gasteiger partial charge in [0.1, 0.15) is 29.0 Å². The fourth-order valence-corrected chi connectivity index (χ4v) is 4.62. The summed E-state index contributed by atoms with van der Waals surface area (Å²) in [6, 6.07) is 9.73. The summed E-state index contributed by atoms with van der Waals surface area (Å²) in [5.74, 6) is -4.11. The summed E-state index contributed by atoms with van der Waals surface area (Å²) in [5, 5.41) is 0. The number of alkyl halides is 3. The third-order valence-corrected chi connectivity index (χ3v) is 5.59. The van der Waals surface area contributed by atoms with E-state index < -0.39 is 46.3 Å². The van der Waals surface area contributed by atoms with Crippen LogP contribution in [0, 0.1) is 23.3 Å². The zero-order valence-electron chi connectivity index (χ0n) is 13.7. The molecule has 0 aromatic heterocycles. The maximum atomic E-state index is 13.7. The monoisotopic (exact) mass is 419 g/mol. The van der Waals surface area contributed by atoms with E-state index in [4.69, 9.17) is 0 Å². The van der Waals surface area contributed by atoms with E-state index in [0.717, 1.165) is 36.4 Å². The number of hydrogen-bond acceptors (Lipinski definition) is 1. The lowest BCUT2D eigenvalue weighted by atomic mass is 10.3. The Balaban J connectivity index is 2.11. The van der Waals surface area contributed by atoms with Gasteiger partial charge < -0.3 is 4.74 Å². The Labute approximate surface area is 157 Å². The normalized spacial score (nSPS) is 11.7. The molecule has 0 fully saturated rings. The molecule has 0 atom stereocenters. The Kier molecular flexibility index (Phi) is 5.55. The molecular formula is C19H10F7OS+. The molecule has 0 saturated carbocycles. The van der Waals surface area contributed by atoms with Gasteiger partial charge in [0.05, 0.1) is 10.9 Å². The molecule has 0 heterocycles. The van der Waals surface area contributed by atoms with Gasteiger partial charge in [0, 0.05) is 36.4 Å². The third kappa shape index (κ3) is 4.98. The SMILES string of the molecule is Fc1cc(F)cc([S+](c2ccc(OC(F)(F)F)cc2)c2cc(F)cc(F)c2)c1. The quantitative estimate of drug-likeness (QED) is 0.360. The first-order valence-electron chi connectivity index (χ1n) is 7.63. The predicted octanol–water partition coefficient (Wildman–Crippen LogP) is 6.24. The van der Waals surface area contributed by atoms with Gasteiger partial charge in [0.2, 0.25) is 0 Å². The Bertz CT molecular complexity index is 895. The minimum atomic E-state index is -4.89. The van der Waals surface area contributed by atoms with E-state index in [0.29, 0.717) is 12.1 Å². The fourth-order valence-electron chi connectivity index (χ4n) is 2.48. The largest absolute Gasteiger partial charge is 0.573 e. The van der Waals surface area contributed by atoms with Crippen molar-refractivity contribution in [3.8, 4) is 5.75 Å². The summed E-state index contributed by atoms with van der Waals surface area (Å²) in [5.41, 5.74) is 0. The van der Waals surface area contributed by atoms with E-state index in [1.807, 2.05) is 0 Å². The lowest BCUT2D eigenvalue weighted by Crippen LogP contribution is -2.17. The minimum Gasteiger partial charge on any atom is -0.406 e. The second-order valence-electron chi connectivity index (χ2n) is 5.54. The molecule has 9 heteroatoms. The molecule has 1 nitrogen and oxygen atoms in total. The van der Waals surface area contributed by atoms with Crippen molar-refractivity contribution in [2.45, 2.75) is 21.0 Å². The van der Waals surface area contributed by atoms with Gasteiger partial charge >= 0.3 is 6.36 Å². The standard InChI is InChI=1S/C19H10F7OS/c20-11-5-12(21)8-17(7-11)28(18-9-13(22)6-14(23)10-18)16-3-1-15(2-4-16)27-19(24,25)26/h1-10H/q+1. The average Bonchev–Trinajstić information content (AvgIpc) is 2.53. The first kappa shape index (κ1) is 20.1. The van der Waals surface area contributed by atoms with Gasteiger partial charge in [0.25, 0.3) is 0 Å². The molecule has 3 rings (SSSR count). The Hall–Kier alpha value is -2.68. The average molecular weight is 419 g/mol. The van der Waals surface area contributed by atoms with E-state index in [-0.39, 0.29) is 14.7 Å². The Morgan fingerprint density at radius 2 is 0.964 bits per heavy atom. The Morgan fingerprint density at radius 3 is 1.32 bits per heavy atom. The first-order chi connectivity index (χ1) is 13.1. The van der Waals surface area contributed by atoms with Gasteiger partial charge in [0.15, 0.2) is 14.7 Å². The van der Waals surface area contributed by atoms with Crippen molar-refractivity contribution in [1.82, 2.24) is 0 Å². The fraction of sp³-hybridized carbons (Fsp3) is 0.0526. The second kappa shape index (κ2) is 7.75. The van der Waals surface area contributed by atoms with Gasteiger partial charge in [-0.25, -0.2) is 17.6 Å². The van der Waals surface area contributed by atoms with Crippen molar-refractivity contribution in [2.75, 3.05) is 0 Å². The van der Waals surface area contributed by atoms with Crippen LogP contribution in [-0.2, 0) is 10.9 Å². The Morgan fingerprint density at radius 1 is 0.571 bits per heavy atom. The van der Waals surface area contributed by atoms with Crippen LogP contribution in [0.2, 0.25) is 0 Å². The van der Waals surface area contributed by atoms with Crippen LogP contribution >= 0.6 is 0 Å². The van der Waals surface area contributed by atoms with E-state index >= 15 is 0 Å². The molecule has 146 valence electrons. The molecule has 28 heavy (non-hydrogen) atoms. The molecule has 0 N–H and O–H groups in total. The van der Waals surface area contributed by atoms with Crippen LogP contribution in [0.25, 0.3) is 0 Å². The van der Waals surface area contributed by atoms with Crippen LogP contribution in [0.5, 0.6) is 5.75 Å². The molecule has 0 aliphatic heterocycles. The summed E-state index contributed by atoms with van der Waals surface area (Å²) in [6.45, 7) is 0. The molecule has 0 saturated heterocycles. The third-order valence-electron chi connectivity index (χ3n) is 3.44. The molecule has 0 bridgehead atoms. The molecule has 0 amide bonds. The zero-order chi connectivity index (χ0) is 20.5. The smallest absolute Gasteiger partial charge is 0.406 e. The highest BCUT2D eigenvalue weighted by atomic mass is 32.2. The van der Waals surface area contributed by atoms with E-state index in [9.17, 15) is 30.7 Å².